The molecule has 0 saturated carbocycles. The van der Waals surface area contributed by atoms with Gasteiger partial charge < -0.3 is 9.88 Å². The van der Waals surface area contributed by atoms with Crippen molar-refractivity contribution in [2.45, 2.75) is 25.5 Å². The lowest BCUT2D eigenvalue weighted by Gasteiger charge is -2.17. The maximum Gasteiger partial charge on any atom is 0.275 e. The van der Waals surface area contributed by atoms with E-state index in [0.717, 1.165) is 11.3 Å². The minimum absolute atomic E-state index is 0.233. The Morgan fingerprint density at radius 2 is 2.05 bits per heavy atom. The highest BCUT2D eigenvalue weighted by Crippen LogP contribution is 2.21. The van der Waals surface area contributed by atoms with Crippen molar-refractivity contribution in [1.82, 2.24) is 9.55 Å². The van der Waals surface area contributed by atoms with Crippen molar-refractivity contribution >= 4 is 35.1 Å². The summed E-state index contributed by atoms with van der Waals surface area (Å²) < 4.78 is 1.82. The Labute approximate surface area is 137 Å². The minimum Gasteiger partial charge on any atom is -0.312 e. The van der Waals surface area contributed by atoms with Gasteiger partial charge in [0, 0.05) is 18.0 Å². The number of anilines is 1. The molecule has 0 aliphatic heterocycles. The Morgan fingerprint density at radius 1 is 1.36 bits per heavy atom. The summed E-state index contributed by atoms with van der Waals surface area (Å²) in [5.74, 6) is 0.984. The van der Waals surface area contributed by atoms with Gasteiger partial charge in [0.25, 0.3) is 5.56 Å². The molecule has 1 heterocycles. The van der Waals surface area contributed by atoms with Gasteiger partial charge in [-0.3, -0.25) is 9.59 Å². The molecule has 0 spiro atoms. The summed E-state index contributed by atoms with van der Waals surface area (Å²) in [4.78, 5) is 27.1. The fraction of sp³-hybridized carbons (Fsp3) is 0.267. The largest absolute Gasteiger partial charge is 0.312 e. The Kier molecular flexibility index (Phi) is 5.63. The summed E-state index contributed by atoms with van der Waals surface area (Å²) in [5.41, 5.74) is 0.631. The van der Waals surface area contributed by atoms with E-state index in [0.29, 0.717) is 22.5 Å². The fourth-order valence-electron chi connectivity index (χ4n) is 1.93. The number of carbonyl (C=O) groups excluding carboxylic acids is 1. The number of thioether (sulfide) groups is 1. The van der Waals surface area contributed by atoms with Crippen molar-refractivity contribution < 1.29 is 4.79 Å². The molecule has 7 heteroatoms. The van der Waals surface area contributed by atoms with E-state index in [1.165, 1.54) is 24.8 Å². The number of carbonyl (C=O) groups is 1. The van der Waals surface area contributed by atoms with E-state index < -0.39 is 0 Å². The van der Waals surface area contributed by atoms with Gasteiger partial charge in [-0.2, -0.15) is 4.98 Å². The summed E-state index contributed by atoms with van der Waals surface area (Å²) in [6.07, 6.45) is 0. The highest BCUT2D eigenvalue weighted by molar-refractivity contribution is 7.99. The summed E-state index contributed by atoms with van der Waals surface area (Å²) in [5, 5.41) is 3.93. The van der Waals surface area contributed by atoms with Gasteiger partial charge >= 0.3 is 0 Å². The van der Waals surface area contributed by atoms with Gasteiger partial charge in [-0.1, -0.05) is 42.4 Å². The molecule has 2 rings (SSSR count). The van der Waals surface area contributed by atoms with Gasteiger partial charge in [0.05, 0.1) is 6.54 Å². The molecule has 1 aromatic heterocycles. The number of amides is 1. The predicted molar refractivity (Wildman–Crippen MR) is 89.8 cm³/mol. The highest BCUT2D eigenvalue weighted by Gasteiger charge is 2.11. The predicted octanol–water partition coefficient (Wildman–Crippen LogP) is 3.02. The summed E-state index contributed by atoms with van der Waals surface area (Å²) in [6.45, 7) is 3.88. The molecular formula is C15H16ClN3O2S. The van der Waals surface area contributed by atoms with Crippen LogP contribution in [0.2, 0.25) is 5.02 Å². The van der Waals surface area contributed by atoms with E-state index >= 15 is 0 Å². The maximum absolute atomic E-state index is 11.7. The molecule has 1 aromatic carbocycles. The lowest BCUT2D eigenvalue weighted by atomic mass is 10.2. The molecule has 2 aromatic rings. The van der Waals surface area contributed by atoms with Crippen LogP contribution in [0, 0.1) is 0 Å². The summed E-state index contributed by atoms with van der Waals surface area (Å²) in [7, 11) is 0. The average Bonchev–Trinajstić information content (AvgIpc) is 2.44. The Bertz CT molecular complexity index is 729. The standard InChI is InChI=1S/C15H16ClN3O2S/c1-3-22-15-18-14(21)8-13(17-10(2)20)19(15)9-11-4-6-12(16)7-5-11/h4-8H,3,9H2,1-2H3,(H,17,20). The topological polar surface area (TPSA) is 64.0 Å². The third-order valence-electron chi connectivity index (χ3n) is 2.82. The van der Waals surface area contributed by atoms with E-state index in [9.17, 15) is 9.59 Å². The number of halogens is 1. The number of rotatable bonds is 5. The van der Waals surface area contributed by atoms with Crippen LogP contribution < -0.4 is 10.9 Å². The molecule has 0 saturated heterocycles. The molecule has 0 aliphatic carbocycles. The van der Waals surface area contributed by atoms with Crippen molar-refractivity contribution in [2.24, 2.45) is 0 Å². The second-order valence-electron chi connectivity index (χ2n) is 4.59. The molecule has 0 bridgehead atoms. The fourth-order valence-corrected chi connectivity index (χ4v) is 2.79. The molecule has 1 amide bonds. The Balaban J connectivity index is 2.46. The molecular weight excluding hydrogens is 322 g/mol. The molecule has 0 fully saturated rings. The van der Waals surface area contributed by atoms with Crippen LogP contribution in [0.1, 0.15) is 19.4 Å². The second kappa shape index (κ2) is 7.47. The minimum atomic E-state index is -0.368. The van der Waals surface area contributed by atoms with Gasteiger partial charge in [-0.05, 0) is 23.4 Å². The van der Waals surface area contributed by atoms with Crippen molar-refractivity contribution in [2.75, 3.05) is 11.1 Å². The molecule has 1 N–H and O–H groups in total. The number of benzene rings is 1. The normalized spacial score (nSPS) is 10.5. The van der Waals surface area contributed by atoms with E-state index in [4.69, 9.17) is 11.6 Å². The van der Waals surface area contributed by atoms with Gasteiger partial charge in [0.2, 0.25) is 5.91 Å². The smallest absolute Gasteiger partial charge is 0.275 e. The molecule has 116 valence electrons. The summed E-state index contributed by atoms with van der Waals surface area (Å²) in [6, 6.07) is 8.74. The van der Waals surface area contributed by atoms with Crippen LogP contribution in [0.25, 0.3) is 0 Å². The van der Waals surface area contributed by atoms with Crippen LogP contribution in [0.4, 0.5) is 5.82 Å². The number of hydrogen-bond donors (Lipinski definition) is 1. The van der Waals surface area contributed by atoms with Crippen LogP contribution in [0.15, 0.2) is 40.3 Å². The first-order chi connectivity index (χ1) is 10.5. The quantitative estimate of drug-likeness (QED) is 0.673. The van der Waals surface area contributed by atoms with Crippen LogP contribution >= 0.6 is 23.4 Å². The van der Waals surface area contributed by atoms with Crippen molar-refractivity contribution in [1.29, 1.82) is 0 Å². The van der Waals surface area contributed by atoms with Crippen molar-refractivity contribution in [3.8, 4) is 0 Å². The zero-order chi connectivity index (χ0) is 16.1. The molecule has 5 nitrogen and oxygen atoms in total. The first-order valence-electron chi connectivity index (χ1n) is 6.76. The third-order valence-corrected chi connectivity index (χ3v) is 3.93. The highest BCUT2D eigenvalue weighted by atomic mass is 35.5. The Morgan fingerprint density at radius 3 is 2.64 bits per heavy atom. The van der Waals surface area contributed by atoms with E-state index in [1.54, 1.807) is 12.1 Å². The molecule has 0 atom stereocenters. The van der Waals surface area contributed by atoms with Gasteiger partial charge in [0.15, 0.2) is 5.16 Å². The number of hydrogen-bond acceptors (Lipinski definition) is 4. The SMILES string of the molecule is CCSc1nc(=O)cc(NC(C)=O)n1Cc1ccc(Cl)cc1. The number of nitrogens with zero attached hydrogens (tertiary/aromatic N) is 2. The van der Waals surface area contributed by atoms with E-state index in [2.05, 4.69) is 10.3 Å². The van der Waals surface area contributed by atoms with Crippen LogP contribution in [-0.2, 0) is 11.3 Å². The van der Waals surface area contributed by atoms with Crippen molar-refractivity contribution in [3.63, 3.8) is 0 Å². The number of aromatic nitrogens is 2. The average molecular weight is 338 g/mol. The monoisotopic (exact) mass is 337 g/mol. The van der Waals surface area contributed by atoms with Gasteiger partial charge in [0.1, 0.15) is 5.82 Å². The van der Waals surface area contributed by atoms with Crippen LogP contribution in [0.5, 0.6) is 0 Å². The first kappa shape index (κ1) is 16.6. The lowest BCUT2D eigenvalue weighted by molar-refractivity contribution is -0.114. The third kappa shape index (κ3) is 4.35. The van der Waals surface area contributed by atoms with Gasteiger partial charge in [-0.15, -0.1) is 0 Å². The van der Waals surface area contributed by atoms with Crippen LogP contribution in [-0.4, -0.2) is 21.2 Å². The molecule has 22 heavy (non-hydrogen) atoms. The second-order valence-corrected chi connectivity index (χ2v) is 6.26. The number of nitrogens with one attached hydrogen (secondary N) is 1. The van der Waals surface area contributed by atoms with Gasteiger partial charge in [-0.25, -0.2) is 0 Å². The maximum atomic E-state index is 11.7. The lowest BCUT2D eigenvalue weighted by Crippen LogP contribution is -2.21. The zero-order valence-electron chi connectivity index (χ0n) is 12.3. The molecule has 0 aliphatic rings. The Hall–Kier alpha value is -1.79. The summed E-state index contributed by atoms with van der Waals surface area (Å²) >= 11 is 7.35. The van der Waals surface area contributed by atoms with Crippen LogP contribution in [0.3, 0.4) is 0 Å². The zero-order valence-corrected chi connectivity index (χ0v) is 13.9. The van der Waals surface area contributed by atoms with E-state index in [1.807, 2.05) is 23.6 Å². The van der Waals surface area contributed by atoms with E-state index in [-0.39, 0.29) is 11.5 Å². The molecule has 0 radical (unpaired) electrons. The van der Waals surface area contributed by atoms with Crippen molar-refractivity contribution in [3.05, 3.63) is 51.3 Å². The molecule has 0 unspecified atom stereocenters. The first-order valence-corrected chi connectivity index (χ1v) is 8.12.